The fraction of sp³-hybridized carbons (Fsp3) is 0.533. The number of unbranched alkanes of at least 4 members (excludes halogenated alkanes) is 1. The minimum atomic E-state index is 0.0257. The van der Waals surface area contributed by atoms with Gasteiger partial charge in [0.05, 0.1) is 6.04 Å². The van der Waals surface area contributed by atoms with E-state index in [0.717, 1.165) is 23.9 Å². The predicted molar refractivity (Wildman–Crippen MR) is 81.9 cm³/mol. The number of hydrogen-bond acceptors (Lipinski definition) is 2. The molecule has 0 spiro atoms. The summed E-state index contributed by atoms with van der Waals surface area (Å²) in [5, 5.41) is 3.89. The first-order chi connectivity index (χ1) is 9.11. The minimum Gasteiger partial charge on any atom is -0.491 e. The van der Waals surface area contributed by atoms with E-state index in [0.29, 0.717) is 13.0 Å². The Labute approximate surface area is 123 Å². The highest BCUT2D eigenvalue weighted by Gasteiger charge is 2.07. The molecule has 0 aliphatic heterocycles. The van der Waals surface area contributed by atoms with Crippen molar-refractivity contribution in [2.75, 3.05) is 11.9 Å². The molecular weight excluding hydrogens is 306 g/mol. The summed E-state index contributed by atoms with van der Waals surface area (Å²) in [6, 6.07) is 7.94. The molecule has 0 aromatic heterocycles. The van der Waals surface area contributed by atoms with Gasteiger partial charge in [0.25, 0.3) is 0 Å². The van der Waals surface area contributed by atoms with Gasteiger partial charge < -0.3 is 10.1 Å². The maximum atomic E-state index is 11.6. The van der Waals surface area contributed by atoms with Crippen LogP contribution in [0.1, 0.15) is 31.7 Å². The molecule has 0 saturated heterocycles. The number of hydrogen-bond donors (Lipinski definition) is 1. The monoisotopic (exact) mass is 327 g/mol. The molecule has 0 bridgehead atoms. The minimum absolute atomic E-state index is 0.0257. The van der Waals surface area contributed by atoms with Crippen molar-refractivity contribution in [3.8, 4) is 5.75 Å². The molecule has 0 saturated carbocycles. The van der Waals surface area contributed by atoms with Gasteiger partial charge in [-0.05, 0) is 38.8 Å². The third-order valence-corrected chi connectivity index (χ3v) is 3.28. The van der Waals surface area contributed by atoms with E-state index >= 15 is 0 Å². The Bertz CT molecular complexity index is 378. The van der Waals surface area contributed by atoms with Crippen molar-refractivity contribution >= 4 is 21.8 Å². The molecular formula is C15H22BrNO2. The fourth-order valence-corrected chi connectivity index (χ4v) is 2.02. The average Bonchev–Trinajstić information content (AvgIpc) is 2.38. The Morgan fingerprint density at radius 1 is 1.32 bits per heavy atom. The lowest BCUT2D eigenvalue weighted by Gasteiger charge is -2.15. The van der Waals surface area contributed by atoms with Crippen molar-refractivity contribution in [2.24, 2.45) is 0 Å². The van der Waals surface area contributed by atoms with Crippen molar-refractivity contribution in [1.29, 1.82) is 0 Å². The molecule has 19 heavy (non-hydrogen) atoms. The molecule has 0 heterocycles. The number of nitrogens with one attached hydrogen (secondary N) is 1. The van der Waals surface area contributed by atoms with Crippen LogP contribution >= 0.6 is 15.9 Å². The standard InChI is InChI=1S/C15H22BrNO2/c1-12-6-8-14(9-7-12)19-11-13(2)17-15(18)5-3-4-10-16/h6-9,13H,3-5,10-11H2,1-2H3,(H,17,18). The number of ether oxygens (including phenoxy) is 1. The highest BCUT2D eigenvalue weighted by molar-refractivity contribution is 9.09. The van der Waals surface area contributed by atoms with Crippen LogP contribution in [0.25, 0.3) is 0 Å². The summed E-state index contributed by atoms with van der Waals surface area (Å²) in [4.78, 5) is 11.6. The van der Waals surface area contributed by atoms with Gasteiger partial charge in [0.2, 0.25) is 5.91 Å². The molecule has 1 aromatic rings. The van der Waals surface area contributed by atoms with E-state index in [1.165, 1.54) is 5.56 Å². The molecule has 1 amide bonds. The van der Waals surface area contributed by atoms with Gasteiger partial charge in [-0.15, -0.1) is 0 Å². The van der Waals surface area contributed by atoms with E-state index in [4.69, 9.17) is 4.74 Å². The van der Waals surface area contributed by atoms with Crippen LogP contribution < -0.4 is 10.1 Å². The average molecular weight is 328 g/mol. The summed E-state index contributed by atoms with van der Waals surface area (Å²) in [6.45, 7) is 4.49. The van der Waals surface area contributed by atoms with Gasteiger partial charge in [-0.2, -0.15) is 0 Å². The van der Waals surface area contributed by atoms with Crippen LogP contribution in [-0.4, -0.2) is 23.9 Å². The molecule has 0 radical (unpaired) electrons. The lowest BCUT2D eigenvalue weighted by molar-refractivity contribution is -0.122. The number of rotatable bonds is 8. The Hall–Kier alpha value is -1.03. The largest absolute Gasteiger partial charge is 0.491 e. The van der Waals surface area contributed by atoms with E-state index in [2.05, 4.69) is 21.2 Å². The summed E-state index contributed by atoms with van der Waals surface area (Å²) >= 11 is 3.35. The van der Waals surface area contributed by atoms with Gasteiger partial charge in [-0.3, -0.25) is 4.79 Å². The predicted octanol–water partition coefficient (Wildman–Crippen LogP) is 3.44. The molecule has 1 N–H and O–H groups in total. The zero-order valence-electron chi connectivity index (χ0n) is 11.6. The molecule has 0 fully saturated rings. The van der Waals surface area contributed by atoms with Crippen LogP contribution in [0.3, 0.4) is 0 Å². The summed E-state index contributed by atoms with van der Waals surface area (Å²) in [5.74, 6) is 0.937. The van der Waals surface area contributed by atoms with Crippen LogP contribution in [0.4, 0.5) is 0 Å². The molecule has 4 heteroatoms. The zero-order chi connectivity index (χ0) is 14.1. The van der Waals surface area contributed by atoms with Crippen LogP contribution in [-0.2, 0) is 4.79 Å². The quantitative estimate of drug-likeness (QED) is 0.586. The lowest BCUT2D eigenvalue weighted by Crippen LogP contribution is -2.36. The van der Waals surface area contributed by atoms with Crippen LogP contribution in [0, 0.1) is 6.92 Å². The molecule has 3 nitrogen and oxygen atoms in total. The van der Waals surface area contributed by atoms with Crippen LogP contribution in [0.2, 0.25) is 0 Å². The second kappa shape index (κ2) is 8.97. The summed E-state index contributed by atoms with van der Waals surface area (Å²) in [7, 11) is 0. The number of amides is 1. The van der Waals surface area contributed by atoms with Gasteiger partial charge >= 0.3 is 0 Å². The van der Waals surface area contributed by atoms with Gasteiger partial charge in [-0.1, -0.05) is 33.6 Å². The molecule has 1 rings (SSSR count). The van der Waals surface area contributed by atoms with Crippen LogP contribution in [0.5, 0.6) is 5.75 Å². The van der Waals surface area contributed by atoms with E-state index in [9.17, 15) is 4.79 Å². The molecule has 1 atom stereocenters. The first kappa shape index (κ1) is 16.0. The summed E-state index contributed by atoms with van der Waals surface area (Å²) < 4.78 is 5.63. The Morgan fingerprint density at radius 3 is 2.63 bits per heavy atom. The Balaban J connectivity index is 2.21. The van der Waals surface area contributed by atoms with Gasteiger partial charge in [0.1, 0.15) is 12.4 Å². The summed E-state index contributed by atoms with van der Waals surface area (Å²) in [5.41, 5.74) is 1.21. The number of benzene rings is 1. The maximum Gasteiger partial charge on any atom is 0.220 e. The van der Waals surface area contributed by atoms with E-state index in [1.807, 2.05) is 38.1 Å². The van der Waals surface area contributed by atoms with E-state index in [-0.39, 0.29) is 11.9 Å². The third-order valence-electron chi connectivity index (χ3n) is 2.72. The maximum absolute atomic E-state index is 11.6. The van der Waals surface area contributed by atoms with Gasteiger partial charge in [0, 0.05) is 11.8 Å². The smallest absolute Gasteiger partial charge is 0.220 e. The second-order valence-corrected chi connectivity index (χ2v) is 5.53. The highest BCUT2D eigenvalue weighted by Crippen LogP contribution is 2.11. The molecule has 1 unspecified atom stereocenters. The first-order valence-electron chi connectivity index (χ1n) is 6.66. The topological polar surface area (TPSA) is 38.3 Å². The van der Waals surface area contributed by atoms with Crippen molar-refractivity contribution < 1.29 is 9.53 Å². The SMILES string of the molecule is Cc1ccc(OCC(C)NC(=O)CCCCBr)cc1. The number of carbonyl (C=O) groups is 1. The zero-order valence-corrected chi connectivity index (χ0v) is 13.2. The van der Waals surface area contributed by atoms with Crippen LogP contribution in [0.15, 0.2) is 24.3 Å². The number of halogens is 1. The molecule has 106 valence electrons. The number of alkyl halides is 1. The van der Waals surface area contributed by atoms with Crippen molar-refractivity contribution in [2.45, 2.75) is 39.2 Å². The molecule has 1 aromatic carbocycles. The highest BCUT2D eigenvalue weighted by atomic mass is 79.9. The normalized spacial score (nSPS) is 11.9. The van der Waals surface area contributed by atoms with Crippen molar-refractivity contribution in [1.82, 2.24) is 5.32 Å². The summed E-state index contributed by atoms with van der Waals surface area (Å²) in [6.07, 6.45) is 2.53. The van der Waals surface area contributed by atoms with Crippen molar-refractivity contribution in [3.05, 3.63) is 29.8 Å². The van der Waals surface area contributed by atoms with Gasteiger partial charge in [0.15, 0.2) is 0 Å². The lowest BCUT2D eigenvalue weighted by atomic mass is 10.2. The number of aryl methyl sites for hydroxylation is 1. The first-order valence-corrected chi connectivity index (χ1v) is 7.78. The van der Waals surface area contributed by atoms with E-state index in [1.54, 1.807) is 0 Å². The Morgan fingerprint density at radius 2 is 2.00 bits per heavy atom. The van der Waals surface area contributed by atoms with E-state index < -0.39 is 0 Å². The Kier molecular flexibility index (Phi) is 7.56. The third kappa shape index (κ3) is 7.21. The second-order valence-electron chi connectivity index (χ2n) is 4.74. The van der Waals surface area contributed by atoms with Crippen molar-refractivity contribution in [3.63, 3.8) is 0 Å². The fourth-order valence-electron chi connectivity index (χ4n) is 1.62. The number of carbonyl (C=O) groups excluding carboxylic acids is 1. The molecule has 0 aliphatic rings. The van der Waals surface area contributed by atoms with Gasteiger partial charge in [-0.25, -0.2) is 0 Å². The molecule has 0 aliphatic carbocycles.